The van der Waals surface area contributed by atoms with Crippen LogP contribution in [0, 0.1) is 18.6 Å². The van der Waals surface area contributed by atoms with E-state index in [1.54, 1.807) is 14.0 Å². The monoisotopic (exact) mass is 398 g/mol. The fourth-order valence-corrected chi connectivity index (χ4v) is 2.64. The van der Waals surface area contributed by atoms with Crippen LogP contribution in [0.2, 0.25) is 0 Å². The van der Waals surface area contributed by atoms with Crippen LogP contribution in [0.25, 0.3) is 0 Å². The average Bonchev–Trinajstić information content (AvgIpc) is 2.71. The lowest BCUT2D eigenvalue weighted by Gasteiger charge is -2.09. The molecule has 0 fully saturated rings. The van der Waals surface area contributed by atoms with Gasteiger partial charge in [-0.3, -0.25) is 4.79 Å². The predicted octanol–water partition coefficient (Wildman–Crippen LogP) is 3.98. The number of hydrogen-bond acceptors (Lipinski definition) is 5. The second-order valence-electron chi connectivity index (χ2n) is 6.33. The molecule has 0 saturated heterocycles. The molecule has 0 aliphatic rings. The van der Waals surface area contributed by atoms with Crippen LogP contribution >= 0.6 is 0 Å². The van der Waals surface area contributed by atoms with Gasteiger partial charge in [-0.25, -0.2) is 18.7 Å². The van der Waals surface area contributed by atoms with E-state index in [9.17, 15) is 13.6 Å². The summed E-state index contributed by atoms with van der Waals surface area (Å²) in [5.74, 6) is -1.46. The zero-order chi connectivity index (χ0) is 20.8. The highest BCUT2D eigenvalue weighted by molar-refractivity contribution is 6.03. The van der Waals surface area contributed by atoms with Gasteiger partial charge in [0.1, 0.15) is 11.4 Å². The van der Waals surface area contributed by atoms with Gasteiger partial charge >= 0.3 is 0 Å². The number of ether oxygens (including phenoxy) is 1. The molecule has 2 N–H and O–H groups in total. The van der Waals surface area contributed by atoms with Gasteiger partial charge in [0.2, 0.25) is 5.95 Å². The van der Waals surface area contributed by atoms with Gasteiger partial charge in [-0.1, -0.05) is 12.1 Å². The van der Waals surface area contributed by atoms with E-state index in [0.717, 1.165) is 29.9 Å². The number of aryl methyl sites for hydroxylation is 1. The number of hydrogen-bond donors (Lipinski definition) is 2. The van der Waals surface area contributed by atoms with Crippen molar-refractivity contribution in [3.8, 4) is 5.75 Å². The normalized spacial score (nSPS) is 10.5. The topological polar surface area (TPSA) is 76.1 Å². The lowest BCUT2D eigenvalue weighted by atomic mass is 10.1. The molecule has 3 aromatic rings. The van der Waals surface area contributed by atoms with Crippen molar-refractivity contribution in [2.45, 2.75) is 13.3 Å². The van der Waals surface area contributed by atoms with Crippen molar-refractivity contribution in [3.63, 3.8) is 0 Å². The Morgan fingerprint density at radius 2 is 1.79 bits per heavy atom. The van der Waals surface area contributed by atoms with E-state index in [-0.39, 0.29) is 11.4 Å². The molecule has 0 bridgehead atoms. The Morgan fingerprint density at radius 1 is 1.03 bits per heavy atom. The third-order valence-corrected chi connectivity index (χ3v) is 4.12. The molecular weight excluding hydrogens is 378 g/mol. The quantitative estimate of drug-likeness (QED) is 0.630. The number of carbonyl (C=O) groups excluding carboxylic acids is 1. The van der Waals surface area contributed by atoms with Gasteiger partial charge in [0.05, 0.1) is 7.11 Å². The zero-order valence-corrected chi connectivity index (χ0v) is 16.0. The highest BCUT2D eigenvalue weighted by atomic mass is 19.2. The van der Waals surface area contributed by atoms with E-state index in [0.29, 0.717) is 18.2 Å². The number of nitrogens with zero attached hydrogens (tertiary/aromatic N) is 2. The molecule has 150 valence electrons. The summed E-state index contributed by atoms with van der Waals surface area (Å²) < 4.78 is 31.5. The molecule has 0 spiro atoms. The molecule has 29 heavy (non-hydrogen) atoms. The number of halogens is 2. The second-order valence-corrected chi connectivity index (χ2v) is 6.33. The van der Waals surface area contributed by atoms with E-state index >= 15 is 0 Å². The SMILES string of the molecule is COc1ccc(CCNc2nc(C)cc(C(=O)Nc3ccc(F)c(F)c3)n2)cc1. The first-order valence-corrected chi connectivity index (χ1v) is 8.93. The zero-order valence-electron chi connectivity index (χ0n) is 16.0. The van der Waals surface area contributed by atoms with Crippen LogP contribution in [0.15, 0.2) is 48.5 Å². The van der Waals surface area contributed by atoms with Crippen LogP contribution in [-0.2, 0) is 6.42 Å². The van der Waals surface area contributed by atoms with E-state index in [2.05, 4.69) is 20.6 Å². The van der Waals surface area contributed by atoms with Crippen molar-refractivity contribution in [2.75, 3.05) is 24.3 Å². The third kappa shape index (κ3) is 5.47. The van der Waals surface area contributed by atoms with E-state index in [1.165, 1.54) is 12.1 Å². The predicted molar refractivity (Wildman–Crippen MR) is 106 cm³/mol. The summed E-state index contributed by atoms with van der Waals surface area (Å²) in [5, 5.41) is 5.59. The van der Waals surface area contributed by atoms with Gasteiger partial charge in [-0.05, 0) is 49.2 Å². The number of rotatable bonds is 7. The highest BCUT2D eigenvalue weighted by Gasteiger charge is 2.12. The highest BCUT2D eigenvalue weighted by Crippen LogP contribution is 2.15. The molecule has 0 unspecified atom stereocenters. The number of amides is 1. The smallest absolute Gasteiger partial charge is 0.274 e. The third-order valence-electron chi connectivity index (χ3n) is 4.12. The first kappa shape index (κ1) is 20.2. The minimum atomic E-state index is -1.04. The van der Waals surface area contributed by atoms with Crippen molar-refractivity contribution in [2.24, 2.45) is 0 Å². The van der Waals surface area contributed by atoms with Gasteiger partial charge in [-0.15, -0.1) is 0 Å². The van der Waals surface area contributed by atoms with Gasteiger partial charge in [0.25, 0.3) is 5.91 Å². The maximum atomic E-state index is 13.3. The summed E-state index contributed by atoms with van der Waals surface area (Å²) in [6.45, 7) is 2.31. The Hall–Kier alpha value is -3.55. The molecule has 1 aromatic heterocycles. The lowest BCUT2D eigenvalue weighted by Crippen LogP contribution is -2.17. The molecular formula is C21H20F2N4O2. The molecule has 0 aliphatic heterocycles. The Kier molecular flexibility index (Phi) is 6.33. The van der Waals surface area contributed by atoms with Crippen LogP contribution in [-0.4, -0.2) is 29.5 Å². The van der Waals surface area contributed by atoms with Crippen LogP contribution in [0.5, 0.6) is 5.75 Å². The fourth-order valence-electron chi connectivity index (χ4n) is 2.64. The summed E-state index contributed by atoms with van der Waals surface area (Å²) in [7, 11) is 1.62. The average molecular weight is 398 g/mol. The number of nitrogens with one attached hydrogen (secondary N) is 2. The molecule has 0 saturated carbocycles. The molecule has 8 heteroatoms. The number of anilines is 2. The van der Waals surface area contributed by atoms with Crippen LogP contribution < -0.4 is 15.4 Å². The molecule has 1 heterocycles. The number of carbonyl (C=O) groups is 1. The Balaban J connectivity index is 1.63. The molecule has 6 nitrogen and oxygen atoms in total. The second kappa shape index (κ2) is 9.09. The summed E-state index contributed by atoms with van der Waals surface area (Å²) in [6, 6.07) is 12.4. The lowest BCUT2D eigenvalue weighted by molar-refractivity contribution is 0.102. The van der Waals surface area contributed by atoms with Gasteiger partial charge in [0, 0.05) is 24.0 Å². The summed E-state index contributed by atoms with van der Waals surface area (Å²) in [6.07, 6.45) is 0.734. The minimum Gasteiger partial charge on any atom is -0.497 e. The van der Waals surface area contributed by atoms with E-state index < -0.39 is 17.5 Å². The number of methoxy groups -OCH3 is 1. The van der Waals surface area contributed by atoms with Crippen molar-refractivity contribution < 1.29 is 18.3 Å². The van der Waals surface area contributed by atoms with Crippen molar-refractivity contribution in [3.05, 3.63) is 77.1 Å². The van der Waals surface area contributed by atoms with Gasteiger partial charge in [0.15, 0.2) is 11.6 Å². The molecule has 0 aliphatic carbocycles. The molecule has 0 atom stereocenters. The summed E-state index contributed by atoms with van der Waals surface area (Å²) in [5.41, 5.74) is 1.97. The number of aromatic nitrogens is 2. The summed E-state index contributed by atoms with van der Waals surface area (Å²) >= 11 is 0. The Labute approximate surface area is 167 Å². The van der Waals surface area contributed by atoms with Crippen molar-refractivity contribution in [1.29, 1.82) is 0 Å². The van der Waals surface area contributed by atoms with Crippen LogP contribution in [0.4, 0.5) is 20.4 Å². The van der Waals surface area contributed by atoms with E-state index in [1.807, 2.05) is 24.3 Å². The first-order valence-electron chi connectivity index (χ1n) is 8.93. The van der Waals surface area contributed by atoms with Crippen LogP contribution in [0.1, 0.15) is 21.7 Å². The van der Waals surface area contributed by atoms with Gasteiger partial charge in [-0.2, -0.15) is 0 Å². The Bertz CT molecular complexity index is 1010. The number of benzene rings is 2. The largest absolute Gasteiger partial charge is 0.497 e. The molecule has 3 rings (SSSR count). The van der Waals surface area contributed by atoms with Crippen molar-refractivity contribution in [1.82, 2.24) is 9.97 Å². The van der Waals surface area contributed by atoms with Crippen molar-refractivity contribution >= 4 is 17.5 Å². The summed E-state index contributed by atoms with van der Waals surface area (Å²) in [4.78, 5) is 20.9. The molecule has 0 radical (unpaired) electrons. The van der Waals surface area contributed by atoms with Crippen LogP contribution in [0.3, 0.4) is 0 Å². The maximum Gasteiger partial charge on any atom is 0.274 e. The standard InChI is InChI=1S/C21H20F2N4O2/c1-13-11-19(20(28)26-15-5-8-17(22)18(23)12-15)27-21(25-13)24-10-9-14-3-6-16(29-2)7-4-14/h3-8,11-12H,9-10H2,1-2H3,(H,26,28)(H,24,25,27). The fraction of sp³-hybridized carbons (Fsp3) is 0.190. The van der Waals surface area contributed by atoms with Gasteiger partial charge < -0.3 is 15.4 Å². The van der Waals surface area contributed by atoms with E-state index in [4.69, 9.17) is 4.74 Å². The molecule has 1 amide bonds. The minimum absolute atomic E-state index is 0.120. The maximum absolute atomic E-state index is 13.3. The Morgan fingerprint density at radius 3 is 2.48 bits per heavy atom. The first-order chi connectivity index (χ1) is 13.9. The molecule has 2 aromatic carbocycles.